The summed E-state index contributed by atoms with van der Waals surface area (Å²) in [6.07, 6.45) is -0.964. The summed E-state index contributed by atoms with van der Waals surface area (Å²) >= 11 is 0. The van der Waals surface area contributed by atoms with Gasteiger partial charge in [0, 0.05) is 12.7 Å². The maximum Gasteiger partial charge on any atom is 0.342 e. The van der Waals surface area contributed by atoms with Gasteiger partial charge in [0.15, 0.2) is 6.10 Å². The average Bonchev–Trinajstić information content (AvgIpc) is 2.54. The van der Waals surface area contributed by atoms with Gasteiger partial charge in [0.2, 0.25) is 0 Å². The smallest absolute Gasteiger partial charge is 0.342 e. The van der Waals surface area contributed by atoms with E-state index in [9.17, 15) is 14.7 Å². The molecule has 0 aromatic heterocycles. The van der Waals surface area contributed by atoms with E-state index >= 15 is 0 Å². The van der Waals surface area contributed by atoms with E-state index < -0.39 is 12.1 Å². The van der Waals surface area contributed by atoms with Crippen LogP contribution in [0.4, 0.5) is 5.69 Å². The molecule has 2 aromatic carbocycles. The number of amides is 1. The second kappa shape index (κ2) is 6.96. The second-order valence-electron chi connectivity index (χ2n) is 5.30. The first-order valence-electron chi connectivity index (χ1n) is 7.23. The molecule has 120 valence electrons. The molecule has 0 unspecified atom stereocenters. The molecular formula is C18H19NO4. The Morgan fingerprint density at radius 3 is 2.39 bits per heavy atom. The Labute approximate surface area is 135 Å². The van der Waals surface area contributed by atoms with E-state index in [4.69, 9.17) is 4.74 Å². The van der Waals surface area contributed by atoms with E-state index in [0.717, 1.165) is 5.56 Å². The number of hydrogen-bond acceptors (Lipinski definition) is 4. The first-order valence-corrected chi connectivity index (χ1v) is 7.23. The third kappa shape index (κ3) is 3.88. The van der Waals surface area contributed by atoms with Crippen LogP contribution in [-0.2, 0) is 9.53 Å². The van der Waals surface area contributed by atoms with Crippen LogP contribution in [0.1, 0.15) is 22.8 Å². The van der Waals surface area contributed by atoms with Crippen LogP contribution >= 0.6 is 0 Å². The first-order chi connectivity index (χ1) is 10.9. The number of esters is 1. The van der Waals surface area contributed by atoms with Crippen molar-refractivity contribution in [2.24, 2.45) is 0 Å². The molecule has 5 nitrogen and oxygen atoms in total. The monoisotopic (exact) mass is 313 g/mol. The van der Waals surface area contributed by atoms with Crippen molar-refractivity contribution in [1.29, 1.82) is 0 Å². The van der Waals surface area contributed by atoms with Gasteiger partial charge in [-0.05, 0) is 43.7 Å². The van der Waals surface area contributed by atoms with Crippen LogP contribution in [0, 0.1) is 6.92 Å². The molecular weight excluding hydrogens is 294 g/mol. The zero-order valence-electron chi connectivity index (χ0n) is 13.3. The highest BCUT2D eigenvalue weighted by Gasteiger charge is 2.24. The third-order valence-electron chi connectivity index (χ3n) is 3.48. The van der Waals surface area contributed by atoms with Gasteiger partial charge in [0.1, 0.15) is 11.3 Å². The molecule has 0 radical (unpaired) electrons. The predicted molar refractivity (Wildman–Crippen MR) is 87.6 cm³/mol. The Hall–Kier alpha value is -2.82. The van der Waals surface area contributed by atoms with Crippen LogP contribution in [0.2, 0.25) is 0 Å². The molecule has 1 atom stereocenters. The number of ether oxygens (including phenoxy) is 1. The molecule has 5 heteroatoms. The van der Waals surface area contributed by atoms with Crippen molar-refractivity contribution in [3.63, 3.8) is 0 Å². The number of nitrogens with zero attached hydrogens (tertiary/aromatic N) is 1. The summed E-state index contributed by atoms with van der Waals surface area (Å²) in [5.74, 6) is -1.24. The molecule has 0 heterocycles. The summed E-state index contributed by atoms with van der Waals surface area (Å²) in [5, 5.41) is 9.80. The van der Waals surface area contributed by atoms with Crippen molar-refractivity contribution in [2.45, 2.75) is 20.0 Å². The minimum Gasteiger partial charge on any atom is -0.507 e. The van der Waals surface area contributed by atoms with Crippen molar-refractivity contribution < 1.29 is 19.4 Å². The van der Waals surface area contributed by atoms with Gasteiger partial charge in [0.05, 0.1) is 0 Å². The number of likely N-dealkylation sites (N-methyl/N-ethyl adjacent to an activating group) is 1. The molecule has 0 bridgehead atoms. The van der Waals surface area contributed by atoms with Crippen LogP contribution in [0.3, 0.4) is 0 Å². The van der Waals surface area contributed by atoms with Crippen molar-refractivity contribution >= 4 is 17.6 Å². The molecule has 2 aromatic rings. The van der Waals surface area contributed by atoms with Gasteiger partial charge in [-0.1, -0.05) is 24.3 Å². The molecule has 0 aliphatic carbocycles. The van der Waals surface area contributed by atoms with Gasteiger partial charge >= 0.3 is 5.97 Å². The Morgan fingerprint density at radius 1 is 1.13 bits per heavy atom. The molecule has 23 heavy (non-hydrogen) atoms. The van der Waals surface area contributed by atoms with E-state index in [-0.39, 0.29) is 17.2 Å². The Balaban J connectivity index is 2.07. The zero-order chi connectivity index (χ0) is 17.0. The lowest BCUT2D eigenvalue weighted by molar-refractivity contribution is -0.126. The lowest BCUT2D eigenvalue weighted by Gasteiger charge is -2.21. The minimum atomic E-state index is -0.964. The van der Waals surface area contributed by atoms with Crippen molar-refractivity contribution in [3.8, 4) is 5.75 Å². The number of hydrogen-bond donors (Lipinski definition) is 1. The summed E-state index contributed by atoms with van der Waals surface area (Å²) in [5.41, 5.74) is 1.57. The van der Waals surface area contributed by atoms with Gasteiger partial charge in [-0.15, -0.1) is 0 Å². The normalized spacial score (nSPS) is 11.6. The zero-order valence-corrected chi connectivity index (χ0v) is 13.3. The highest BCUT2D eigenvalue weighted by Crippen LogP contribution is 2.20. The Kier molecular flexibility index (Phi) is 5.01. The maximum atomic E-state index is 12.3. The number of aromatic hydroxyl groups is 1. The number of benzene rings is 2. The minimum absolute atomic E-state index is 0.0395. The molecule has 0 aliphatic rings. The quantitative estimate of drug-likeness (QED) is 0.881. The van der Waals surface area contributed by atoms with Crippen LogP contribution in [-0.4, -0.2) is 30.1 Å². The molecule has 0 saturated carbocycles. The summed E-state index contributed by atoms with van der Waals surface area (Å²) < 4.78 is 5.17. The van der Waals surface area contributed by atoms with Gasteiger partial charge in [0.25, 0.3) is 5.91 Å². The van der Waals surface area contributed by atoms with Crippen LogP contribution < -0.4 is 4.90 Å². The number of aryl methyl sites for hydroxylation is 1. The average molecular weight is 313 g/mol. The summed E-state index contributed by atoms with van der Waals surface area (Å²) in [6, 6.07) is 13.7. The first kappa shape index (κ1) is 16.5. The van der Waals surface area contributed by atoms with Crippen LogP contribution in [0.5, 0.6) is 5.75 Å². The summed E-state index contributed by atoms with van der Waals surface area (Å²) in [7, 11) is 1.62. The molecule has 0 fully saturated rings. The lowest BCUT2D eigenvalue weighted by atomic mass is 10.1. The fraction of sp³-hybridized carbons (Fsp3) is 0.222. The van der Waals surface area contributed by atoms with E-state index in [1.54, 1.807) is 32.2 Å². The van der Waals surface area contributed by atoms with Crippen LogP contribution in [0.25, 0.3) is 0 Å². The molecule has 0 spiro atoms. The van der Waals surface area contributed by atoms with Gasteiger partial charge in [-0.25, -0.2) is 4.79 Å². The number of phenolic OH excluding ortho intramolecular Hbond substituents is 1. The fourth-order valence-corrected chi connectivity index (χ4v) is 2.14. The molecule has 1 N–H and O–H groups in total. The lowest BCUT2D eigenvalue weighted by Crippen LogP contribution is -2.37. The molecule has 2 rings (SSSR count). The number of rotatable bonds is 4. The van der Waals surface area contributed by atoms with E-state index in [1.165, 1.54) is 24.0 Å². The highest BCUT2D eigenvalue weighted by atomic mass is 16.5. The number of carbonyl (C=O) groups is 2. The maximum absolute atomic E-state index is 12.3. The largest absolute Gasteiger partial charge is 0.507 e. The Morgan fingerprint density at radius 2 is 1.78 bits per heavy atom. The van der Waals surface area contributed by atoms with Crippen molar-refractivity contribution in [3.05, 3.63) is 59.7 Å². The van der Waals surface area contributed by atoms with Crippen LogP contribution in [0.15, 0.2) is 48.5 Å². The van der Waals surface area contributed by atoms with Gasteiger partial charge in [-0.2, -0.15) is 0 Å². The topological polar surface area (TPSA) is 66.8 Å². The molecule has 0 saturated heterocycles. The van der Waals surface area contributed by atoms with E-state index in [2.05, 4.69) is 0 Å². The Bertz CT molecular complexity index is 712. The third-order valence-corrected chi connectivity index (χ3v) is 3.48. The van der Waals surface area contributed by atoms with E-state index in [1.807, 2.05) is 18.2 Å². The number of carbonyl (C=O) groups excluding carboxylic acids is 2. The fourth-order valence-electron chi connectivity index (χ4n) is 2.14. The summed E-state index contributed by atoms with van der Waals surface area (Å²) in [6.45, 7) is 3.31. The SMILES string of the molecule is Cc1ccc(C(=O)O[C@@H](C)C(=O)N(C)c2ccccc2)c(O)c1. The number of phenols is 1. The summed E-state index contributed by atoms with van der Waals surface area (Å²) in [4.78, 5) is 25.9. The van der Waals surface area contributed by atoms with Crippen molar-refractivity contribution in [2.75, 3.05) is 11.9 Å². The molecule has 1 amide bonds. The predicted octanol–water partition coefficient (Wildman–Crippen LogP) is 2.91. The van der Waals surface area contributed by atoms with Crippen molar-refractivity contribution in [1.82, 2.24) is 0 Å². The standard InChI is InChI=1S/C18H19NO4/c1-12-9-10-15(16(20)11-12)18(22)23-13(2)17(21)19(3)14-7-5-4-6-8-14/h4-11,13,20H,1-3H3/t13-/m0/s1. The highest BCUT2D eigenvalue weighted by molar-refractivity contribution is 5.99. The van der Waals surface area contributed by atoms with Gasteiger partial charge in [-0.3, -0.25) is 4.79 Å². The second-order valence-corrected chi connectivity index (χ2v) is 5.30. The number of anilines is 1. The molecule has 0 aliphatic heterocycles. The van der Waals surface area contributed by atoms with Gasteiger partial charge < -0.3 is 14.7 Å². The number of para-hydroxylation sites is 1. The van der Waals surface area contributed by atoms with E-state index in [0.29, 0.717) is 5.69 Å².